The highest BCUT2D eigenvalue weighted by atomic mass is 16.2. The van der Waals surface area contributed by atoms with Gasteiger partial charge in [0.25, 0.3) is 0 Å². The zero-order valence-corrected chi connectivity index (χ0v) is 9.65. The predicted octanol–water partition coefficient (Wildman–Crippen LogP) is 1.88. The smallest absolute Gasteiger partial charge is 0.226 e. The monoisotopic (exact) mass is 218 g/mol. The average molecular weight is 218 g/mol. The Morgan fingerprint density at radius 3 is 2.94 bits per heavy atom. The summed E-state index contributed by atoms with van der Waals surface area (Å²) < 4.78 is 0. The lowest BCUT2D eigenvalue weighted by atomic mass is 9.98. The van der Waals surface area contributed by atoms with Crippen LogP contribution in [-0.4, -0.2) is 19.0 Å². The van der Waals surface area contributed by atoms with Crippen LogP contribution >= 0.6 is 0 Å². The highest BCUT2D eigenvalue weighted by Gasteiger charge is 2.30. The molecule has 1 atom stereocenters. The van der Waals surface area contributed by atoms with Gasteiger partial charge in [0.1, 0.15) is 0 Å². The number of amides is 1. The first-order valence-corrected chi connectivity index (χ1v) is 5.87. The van der Waals surface area contributed by atoms with E-state index in [1.165, 1.54) is 5.56 Å². The van der Waals surface area contributed by atoms with E-state index in [4.69, 9.17) is 5.73 Å². The topological polar surface area (TPSA) is 46.3 Å². The van der Waals surface area contributed by atoms with Crippen LogP contribution in [0.5, 0.6) is 0 Å². The summed E-state index contributed by atoms with van der Waals surface area (Å²) in [5.41, 5.74) is 7.97. The average Bonchev–Trinajstić information content (AvgIpc) is 2.68. The lowest BCUT2D eigenvalue weighted by Gasteiger charge is -2.16. The summed E-state index contributed by atoms with van der Waals surface area (Å²) >= 11 is 0. The molecule has 1 unspecified atom stereocenters. The number of hydrogen-bond acceptors (Lipinski definition) is 2. The molecule has 0 bridgehead atoms. The molecular weight excluding hydrogens is 200 g/mol. The quantitative estimate of drug-likeness (QED) is 0.842. The molecule has 1 amide bonds. The van der Waals surface area contributed by atoms with E-state index in [0.717, 1.165) is 18.7 Å². The van der Waals surface area contributed by atoms with Gasteiger partial charge in [0.05, 0.1) is 0 Å². The Bertz CT molecular complexity index is 389. The van der Waals surface area contributed by atoms with E-state index in [1.807, 2.05) is 30.0 Å². The number of anilines is 1. The van der Waals surface area contributed by atoms with Gasteiger partial charge in [-0.3, -0.25) is 4.79 Å². The fraction of sp³-hybridized carbons (Fsp3) is 0.462. The van der Waals surface area contributed by atoms with E-state index < -0.39 is 0 Å². The summed E-state index contributed by atoms with van der Waals surface area (Å²) in [7, 11) is 0. The van der Waals surface area contributed by atoms with Crippen molar-refractivity contribution in [1.29, 1.82) is 0 Å². The third kappa shape index (κ3) is 1.83. The summed E-state index contributed by atoms with van der Waals surface area (Å²) in [6.45, 7) is 3.37. The largest absolute Gasteiger partial charge is 0.330 e. The summed E-state index contributed by atoms with van der Waals surface area (Å²) in [6, 6.07) is 8.15. The minimum atomic E-state index is 0.201. The van der Waals surface area contributed by atoms with Gasteiger partial charge in [-0.1, -0.05) is 25.1 Å². The van der Waals surface area contributed by atoms with Crippen LogP contribution in [-0.2, 0) is 4.79 Å². The normalized spacial score (nSPS) is 18.6. The van der Waals surface area contributed by atoms with Crippen molar-refractivity contribution < 1.29 is 4.79 Å². The lowest BCUT2D eigenvalue weighted by molar-refractivity contribution is -0.118. The molecule has 16 heavy (non-hydrogen) atoms. The standard InChI is InChI=1S/C13H18N2O/c1-2-13(16)15-9-10(7-8-14)11-5-3-4-6-12(11)15/h3-6,10H,2,7-9,14H2,1H3. The van der Waals surface area contributed by atoms with Crippen molar-refractivity contribution in [3.05, 3.63) is 29.8 Å². The van der Waals surface area contributed by atoms with E-state index in [1.54, 1.807) is 0 Å². The van der Waals surface area contributed by atoms with Crippen LogP contribution in [0.15, 0.2) is 24.3 Å². The molecule has 0 spiro atoms. The predicted molar refractivity (Wildman–Crippen MR) is 65.5 cm³/mol. The van der Waals surface area contributed by atoms with Crippen molar-refractivity contribution >= 4 is 11.6 Å². The lowest BCUT2D eigenvalue weighted by Crippen LogP contribution is -2.29. The maximum absolute atomic E-state index is 11.8. The van der Waals surface area contributed by atoms with E-state index in [9.17, 15) is 4.79 Å². The second-order valence-corrected chi connectivity index (χ2v) is 4.19. The van der Waals surface area contributed by atoms with Gasteiger partial charge in [0.2, 0.25) is 5.91 Å². The molecule has 1 aromatic rings. The van der Waals surface area contributed by atoms with Crippen molar-refractivity contribution in [3.63, 3.8) is 0 Å². The Kier molecular flexibility index (Phi) is 3.25. The number of rotatable bonds is 3. The first kappa shape index (κ1) is 11.1. The molecule has 0 saturated carbocycles. The van der Waals surface area contributed by atoms with Crippen molar-refractivity contribution in [2.24, 2.45) is 5.73 Å². The first-order valence-electron chi connectivity index (χ1n) is 5.87. The molecule has 0 aliphatic carbocycles. The van der Waals surface area contributed by atoms with Gasteiger partial charge in [-0.2, -0.15) is 0 Å². The summed E-state index contributed by atoms with van der Waals surface area (Å²) in [5, 5.41) is 0. The summed E-state index contributed by atoms with van der Waals surface area (Å²) in [4.78, 5) is 13.7. The first-order chi connectivity index (χ1) is 7.77. The number of carbonyl (C=O) groups is 1. The Balaban J connectivity index is 2.31. The molecule has 2 N–H and O–H groups in total. The Morgan fingerprint density at radius 1 is 1.50 bits per heavy atom. The van der Waals surface area contributed by atoms with Crippen LogP contribution in [0.4, 0.5) is 5.69 Å². The molecule has 1 aliphatic heterocycles. The van der Waals surface area contributed by atoms with Crippen LogP contribution in [0.25, 0.3) is 0 Å². The third-order valence-corrected chi connectivity index (χ3v) is 3.19. The van der Waals surface area contributed by atoms with Crippen LogP contribution in [0.2, 0.25) is 0 Å². The molecule has 2 rings (SSSR count). The highest BCUT2D eigenvalue weighted by molar-refractivity contribution is 5.95. The molecule has 1 aliphatic rings. The molecule has 3 nitrogen and oxygen atoms in total. The van der Waals surface area contributed by atoms with E-state index in [2.05, 4.69) is 6.07 Å². The number of benzene rings is 1. The van der Waals surface area contributed by atoms with Gasteiger partial charge in [0.15, 0.2) is 0 Å². The Hall–Kier alpha value is -1.35. The number of para-hydroxylation sites is 1. The molecule has 0 aromatic heterocycles. The number of nitrogens with zero attached hydrogens (tertiary/aromatic N) is 1. The molecule has 1 heterocycles. The second-order valence-electron chi connectivity index (χ2n) is 4.19. The maximum Gasteiger partial charge on any atom is 0.226 e. The van der Waals surface area contributed by atoms with Crippen LogP contribution in [0, 0.1) is 0 Å². The molecule has 0 fully saturated rings. The SMILES string of the molecule is CCC(=O)N1CC(CCN)c2ccccc21. The number of fused-ring (bicyclic) bond motifs is 1. The van der Waals surface area contributed by atoms with Gasteiger partial charge in [-0.25, -0.2) is 0 Å². The van der Waals surface area contributed by atoms with Crippen molar-refractivity contribution in [2.75, 3.05) is 18.0 Å². The third-order valence-electron chi connectivity index (χ3n) is 3.19. The maximum atomic E-state index is 11.8. The zero-order chi connectivity index (χ0) is 11.5. The molecule has 0 saturated heterocycles. The van der Waals surface area contributed by atoms with Gasteiger partial charge < -0.3 is 10.6 Å². The van der Waals surface area contributed by atoms with Crippen LogP contribution < -0.4 is 10.6 Å². The number of hydrogen-bond donors (Lipinski definition) is 1. The Morgan fingerprint density at radius 2 is 2.25 bits per heavy atom. The molecule has 86 valence electrons. The van der Waals surface area contributed by atoms with Crippen LogP contribution in [0.1, 0.15) is 31.2 Å². The molecular formula is C13H18N2O. The zero-order valence-electron chi connectivity index (χ0n) is 9.65. The van der Waals surface area contributed by atoms with Gasteiger partial charge in [-0.15, -0.1) is 0 Å². The van der Waals surface area contributed by atoms with Crippen LogP contribution in [0.3, 0.4) is 0 Å². The number of carbonyl (C=O) groups excluding carboxylic acids is 1. The van der Waals surface area contributed by atoms with Crippen molar-refractivity contribution in [3.8, 4) is 0 Å². The van der Waals surface area contributed by atoms with Crippen molar-refractivity contribution in [2.45, 2.75) is 25.7 Å². The minimum Gasteiger partial charge on any atom is -0.330 e. The van der Waals surface area contributed by atoms with E-state index in [0.29, 0.717) is 18.9 Å². The summed E-state index contributed by atoms with van der Waals surface area (Å²) in [5.74, 6) is 0.615. The highest BCUT2D eigenvalue weighted by Crippen LogP contribution is 2.37. The Labute approximate surface area is 96.2 Å². The van der Waals surface area contributed by atoms with E-state index in [-0.39, 0.29) is 5.91 Å². The second kappa shape index (κ2) is 4.66. The van der Waals surface area contributed by atoms with Gasteiger partial charge >= 0.3 is 0 Å². The minimum absolute atomic E-state index is 0.201. The fourth-order valence-corrected chi connectivity index (χ4v) is 2.37. The van der Waals surface area contributed by atoms with Gasteiger partial charge in [0, 0.05) is 24.6 Å². The fourth-order valence-electron chi connectivity index (χ4n) is 2.37. The molecule has 1 aromatic carbocycles. The van der Waals surface area contributed by atoms with Gasteiger partial charge in [-0.05, 0) is 24.6 Å². The number of nitrogens with two attached hydrogens (primary N) is 1. The van der Waals surface area contributed by atoms with E-state index >= 15 is 0 Å². The summed E-state index contributed by atoms with van der Waals surface area (Å²) in [6.07, 6.45) is 1.51. The molecule has 0 radical (unpaired) electrons. The molecule has 3 heteroatoms. The van der Waals surface area contributed by atoms with Crippen molar-refractivity contribution in [1.82, 2.24) is 0 Å².